The molecule has 0 spiro atoms. The summed E-state index contributed by atoms with van der Waals surface area (Å²) in [7, 11) is 0. The first kappa shape index (κ1) is 12.0. The highest BCUT2D eigenvalue weighted by Gasteiger charge is 2.15. The van der Waals surface area contributed by atoms with Crippen LogP contribution in [0.2, 0.25) is 0 Å². The summed E-state index contributed by atoms with van der Waals surface area (Å²) in [6, 6.07) is 0. The molecule has 1 fully saturated rings. The molecule has 1 rings (SSSR count). The third-order valence-corrected chi connectivity index (χ3v) is 2.99. The molecule has 0 aromatic carbocycles. The number of piperidine rings is 1. The summed E-state index contributed by atoms with van der Waals surface area (Å²) in [5.41, 5.74) is 1.61. The standard InChI is InChI=1S/C11H21ClN2/c1-2-14(8-4-6-12)10-11-5-3-7-13-9-11/h4,6,11,13H,2-3,5,7-10H2,1H3/b6-4+. The molecule has 1 unspecified atom stereocenters. The van der Waals surface area contributed by atoms with Crippen LogP contribution in [-0.2, 0) is 0 Å². The molecule has 0 saturated carbocycles. The maximum atomic E-state index is 5.53. The van der Waals surface area contributed by atoms with Crippen LogP contribution in [0.4, 0.5) is 0 Å². The average molecular weight is 217 g/mol. The lowest BCUT2D eigenvalue weighted by Crippen LogP contribution is -2.38. The molecular weight excluding hydrogens is 196 g/mol. The van der Waals surface area contributed by atoms with Crippen molar-refractivity contribution in [1.82, 2.24) is 10.2 Å². The second kappa shape index (κ2) is 7.27. The van der Waals surface area contributed by atoms with Gasteiger partial charge in [0.2, 0.25) is 0 Å². The first-order chi connectivity index (χ1) is 6.86. The topological polar surface area (TPSA) is 15.3 Å². The van der Waals surface area contributed by atoms with E-state index in [1.165, 1.54) is 32.5 Å². The fourth-order valence-electron chi connectivity index (χ4n) is 1.97. The molecule has 14 heavy (non-hydrogen) atoms. The lowest BCUT2D eigenvalue weighted by atomic mass is 9.99. The fraction of sp³-hybridized carbons (Fsp3) is 0.818. The zero-order valence-corrected chi connectivity index (χ0v) is 9.76. The second-order valence-corrected chi connectivity index (χ2v) is 4.18. The normalized spacial score (nSPS) is 23.5. The number of nitrogens with zero attached hydrogens (tertiary/aromatic N) is 1. The minimum Gasteiger partial charge on any atom is -0.316 e. The molecule has 1 atom stereocenters. The number of rotatable bonds is 5. The quantitative estimate of drug-likeness (QED) is 0.757. The monoisotopic (exact) mass is 216 g/mol. The Morgan fingerprint density at radius 1 is 1.57 bits per heavy atom. The maximum absolute atomic E-state index is 5.53. The van der Waals surface area contributed by atoms with Gasteiger partial charge in [-0.05, 0) is 38.4 Å². The molecule has 0 bridgehead atoms. The molecule has 3 heteroatoms. The number of hydrogen-bond acceptors (Lipinski definition) is 2. The van der Waals surface area contributed by atoms with Crippen molar-refractivity contribution in [3.8, 4) is 0 Å². The summed E-state index contributed by atoms with van der Waals surface area (Å²) in [4.78, 5) is 2.44. The third kappa shape index (κ3) is 4.45. The fourth-order valence-corrected chi connectivity index (χ4v) is 2.05. The molecule has 0 aromatic rings. The molecule has 0 amide bonds. The van der Waals surface area contributed by atoms with Gasteiger partial charge in [-0.3, -0.25) is 4.90 Å². The Kier molecular flexibility index (Phi) is 6.24. The van der Waals surface area contributed by atoms with Crippen molar-refractivity contribution in [3.05, 3.63) is 11.6 Å². The first-order valence-corrected chi connectivity index (χ1v) is 5.98. The molecule has 2 nitrogen and oxygen atoms in total. The number of halogens is 1. The summed E-state index contributed by atoms with van der Waals surface area (Å²) >= 11 is 5.53. The van der Waals surface area contributed by atoms with Gasteiger partial charge in [0.25, 0.3) is 0 Å². The van der Waals surface area contributed by atoms with Crippen molar-refractivity contribution in [1.29, 1.82) is 0 Å². The van der Waals surface area contributed by atoms with Gasteiger partial charge in [0.15, 0.2) is 0 Å². The highest BCUT2D eigenvalue weighted by Crippen LogP contribution is 2.11. The van der Waals surface area contributed by atoms with Gasteiger partial charge < -0.3 is 5.32 Å². The van der Waals surface area contributed by atoms with E-state index in [1.807, 2.05) is 6.08 Å². The molecule has 1 heterocycles. The number of likely N-dealkylation sites (N-methyl/N-ethyl adjacent to an activating group) is 1. The van der Waals surface area contributed by atoms with E-state index >= 15 is 0 Å². The van der Waals surface area contributed by atoms with Crippen molar-refractivity contribution >= 4 is 11.6 Å². The van der Waals surface area contributed by atoms with Gasteiger partial charge >= 0.3 is 0 Å². The Hall–Kier alpha value is -0.0500. The summed E-state index contributed by atoms with van der Waals surface area (Å²) in [6.07, 6.45) is 4.71. The van der Waals surface area contributed by atoms with E-state index in [0.717, 1.165) is 19.0 Å². The molecule has 1 N–H and O–H groups in total. The predicted molar refractivity (Wildman–Crippen MR) is 62.7 cm³/mol. The van der Waals surface area contributed by atoms with Gasteiger partial charge in [0.05, 0.1) is 0 Å². The summed E-state index contributed by atoms with van der Waals surface area (Å²) < 4.78 is 0. The van der Waals surface area contributed by atoms with E-state index in [0.29, 0.717) is 0 Å². The Balaban J connectivity index is 2.23. The average Bonchev–Trinajstić information content (AvgIpc) is 2.25. The Morgan fingerprint density at radius 2 is 2.43 bits per heavy atom. The van der Waals surface area contributed by atoms with Crippen molar-refractivity contribution < 1.29 is 0 Å². The SMILES string of the molecule is CCN(C/C=C/Cl)CC1CCCNC1. The lowest BCUT2D eigenvalue weighted by molar-refractivity contribution is 0.233. The first-order valence-electron chi connectivity index (χ1n) is 5.55. The van der Waals surface area contributed by atoms with Crippen LogP contribution in [0.5, 0.6) is 0 Å². The molecule has 0 aliphatic carbocycles. The van der Waals surface area contributed by atoms with Crippen LogP contribution in [0.1, 0.15) is 19.8 Å². The Labute approximate surface area is 92.3 Å². The Morgan fingerprint density at radius 3 is 3.00 bits per heavy atom. The minimum absolute atomic E-state index is 0.826. The van der Waals surface area contributed by atoms with Crippen molar-refractivity contribution in [3.63, 3.8) is 0 Å². The zero-order chi connectivity index (χ0) is 10.2. The van der Waals surface area contributed by atoms with Crippen molar-refractivity contribution in [2.75, 3.05) is 32.7 Å². The van der Waals surface area contributed by atoms with Crippen LogP contribution < -0.4 is 5.32 Å². The Bertz CT molecular complexity index is 165. The van der Waals surface area contributed by atoms with Crippen LogP contribution >= 0.6 is 11.6 Å². The van der Waals surface area contributed by atoms with Crippen LogP contribution in [-0.4, -0.2) is 37.6 Å². The van der Waals surface area contributed by atoms with E-state index in [1.54, 1.807) is 5.54 Å². The summed E-state index contributed by atoms with van der Waals surface area (Å²) in [6.45, 7) is 7.88. The highest BCUT2D eigenvalue weighted by atomic mass is 35.5. The van der Waals surface area contributed by atoms with Crippen molar-refractivity contribution in [2.45, 2.75) is 19.8 Å². The second-order valence-electron chi connectivity index (χ2n) is 3.93. The lowest BCUT2D eigenvalue weighted by Gasteiger charge is -2.28. The zero-order valence-electron chi connectivity index (χ0n) is 9.01. The van der Waals surface area contributed by atoms with Gasteiger partial charge in [-0.1, -0.05) is 24.6 Å². The van der Waals surface area contributed by atoms with Gasteiger partial charge in [-0.25, -0.2) is 0 Å². The van der Waals surface area contributed by atoms with Gasteiger partial charge in [-0.15, -0.1) is 0 Å². The summed E-state index contributed by atoms with van der Waals surface area (Å²) in [5.74, 6) is 0.826. The molecule has 82 valence electrons. The van der Waals surface area contributed by atoms with Crippen LogP contribution in [0, 0.1) is 5.92 Å². The van der Waals surface area contributed by atoms with Crippen LogP contribution in [0.15, 0.2) is 11.6 Å². The van der Waals surface area contributed by atoms with E-state index in [9.17, 15) is 0 Å². The predicted octanol–water partition coefficient (Wildman–Crippen LogP) is 2.06. The van der Waals surface area contributed by atoms with Crippen LogP contribution in [0.3, 0.4) is 0 Å². The van der Waals surface area contributed by atoms with Crippen LogP contribution in [0.25, 0.3) is 0 Å². The van der Waals surface area contributed by atoms with E-state index in [2.05, 4.69) is 17.1 Å². The third-order valence-electron chi connectivity index (χ3n) is 2.82. The summed E-state index contributed by atoms with van der Waals surface area (Å²) in [5, 5.41) is 3.45. The van der Waals surface area contributed by atoms with Gasteiger partial charge in [0, 0.05) is 18.6 Å². The molecular formula is C11H21ClN2. The molecule has 1 saturated heterocycles. The number of nitrogens with one attached hydrogen (secondary N) is 1. The van der Waals surface area contributed by atoms with Gasteiger partial charge in [0.1, 0.15) is 0 Å². The van der Waals surface area contributed by atoms with E-state index in [-0.39, 0.29) is 0 Å². The molecule has 0 radical (unpaired) electrons. The minimum atomic E-state index is 0.826. The van der Waals surface area contributed by atoms with Gasteiger partial charge in [-0.2, -0.15) is 0 Å². The largest absolute Gasteiger partial charge is 0.316 e. The number of hydrogen-bond donors (Lipinski definition) is 1. The molecule has 0 aromatic heterocycles. The molecule has 1 aliphatic rings. The van der Waals surface area contributed by atoms with E-state index in [4.69, 9.17) is 11.6 Å². The molecule has 1 aliphatic heterocycles. The highest BCUT2D eigenvalue weighted by molar-refractivity contribution is 6.25. The smallest absolute Gasteiger partial charge is 0.0174 e. The maximum Gasteiger partial charge on any atom is 0.0174 e. The van der Waals surface area contributed by atoms with Crippen molar-refractivity contribution in [2.24, 2.45) is 5.92 Å². The van der Waals surface area contributed by atoms with E-state index < -0.39 is 0 Å².